The third-order valence-electron chi connectivity index (χ3n) is 3.29. The van der Waals surface area contributed by atoms with Gasteiger partial charge < -0.3 is 14.5 Å². The molecule has 0 N–H and O–H groups in total. The first-order chi connectivity index (χ1) is 11.0. The fourth-order valence-electron chi connectivity index (χ4n) is 1.96. The van der Waals surface area contributed by atoms with Crippen LogP contribution in [0.4, 0.5) is 10.2 Å². The Balaban J connectivity index is 1.87. The second kappa shape index (κ2) is 7.58. The molecule has 0 fully saturated rings. The quantitative estimate of drug-likeness (QED) is 0.821. The van der Waals surface area contributed by atoms with Crippen LogP contribution in [0.2, 0.25) is 0 Å². The van der Waals surface area contributed by atoms with Gasteiger partial charge in [0, 0.05) is 33.4 Å². The lowest BCUT2D eigenvalue weighted by molar-refractivity contribution is 0.0773. The topological polar surface area (TPSA) is 45.7 Å². The van der Waals surface area contributed by atoms with Crippen molar-refractivity contribution in [2.45, 2.75) is 0 Å². The first kappa shape index (κ1) is 16.7. The van der Waals surface area contributed by atoms with E-state index in [1.54, 1.807) is 42.4 Å². The highest BCUT2D eigenvalue weighted by molar-refractivity contribution is 5.93. The van der Waals surface area contributed by atoms with Crippen LogP contribution in [-0.4, -0.2) is 50.1 Å². The third-order valence-corrected chi connectivity index (χ3v) is 3.29. The standard InChI is InChI=1S/C17H20FN3O2/c1-20(2)16-8-7-13(12-19-16)17(22)21(3)9-10-23-15-6-4-5-14(18)11-15/h4-8,11-12H,9-10H2,1-3H3. The Morgan fingerprint density at radius 1 is 1.22 bits per heavy atom. The lowest BCUT2D eigenvalue weighted by Crippen LogP contribution is -2.31. The average Bonchev–Trinajstić information content (AvgIpc) is 2.54. The van der Waals surface area contributed by atoms with Crippen molar-refractivity contribution in [2.75, 3.05) is 39.2 Å². The molecule has 2 aromatic rings. The van der Waals surface area contributed by atoms with Gasteiger partial charge in [-0.15, -0.1) is 0 Å². The summed E-state index contributed by atoms with van der Waals surface area (Å²) in [5, 5.41) is 0. The molecule has 0 bridgehead atoms. The van der Waals surface area contributed by atoms with Crippen molar-refractivity contribution in [1.29, 1.82) is 0 Å². The number of carbonyl (C=O) groups excluding carboxylic acids is 1. The molecule has 122 valence electrons. The molecule has 0 aliphatic heterocycles. The summed E-state index contributed by atoms with van der Waals surface area (Å²) in [6.07, 6.45) is 1.56. The van der Waals surface area contributed by atoms with Gasteiger partial charge in [0.15, 0.2) is 0 Å². The number of aromatic nitrogens is 1. The van der Waals surface area contributed by atoms with E-state index in [4.69, 9.17) is 4.74 Å². The van der Waals surface area contributed by atoms with Crippen molar-refractivity contribution in [3.8, 4) is 5.75 Å². The van der Waals surface area contributed by atoms with Crippen LogP contribution in [0.3, 0.4) is 0 Å². The molecule has 0 aliphatic carbocycles. The Morgan fingerprint density at radius 3 is 2.61 bits per heavy atom. The fourth-order valence-corrected chi connectivity index (χ4v) is 1.96. The number of anilines is 1. The number of pyridine rings is 1. The Kier molecular flexibility index (Phi) is 5.51. The van der Waals surface area contributed by atoms with E-state index in [1.807, 2.05) is 19.0 Å². The maximum atomic E-state index is 13.0. The maximum Gasteiger partial charge on any atom is 0.255 e. The number of hydrogen-bond acceptors (Lipinski definition) is 4. The molecule has 23 heavy (non-hydrogen) atoms. The molecule has 1 amide bonds. The predicted octanol–water partition coefficient (Wildman–Crippen LogP) is 2.44. The van der Waals surface area contributed by atoms with E-state index in [2.05, 4.69) is 4.98 Å². The molecule has 0 radical (unpaired) electrons. The molecule has 2 rings (SSSR count). The lowest BCUT2D eigenvalue weighted by Gasteiger charge is -2.18. The second-order valence-electron chi connectivity index (χ2n) is 5.33. The van der Waals surface area contributed by atoms with Crippen LogP contribution >= 0.6 is 0 Å². The predicted molar refractivity (Wildman–Crippen MR) is 87.4 cm³/mol. The maximum absolute atomic E-state index is 13.0. The summed E-state index contributed by atoms with van der Waals surface area (Å²) in [6.45, 7) is 0.680. The summed E-state index contributed by atoms with van der Waals surface area (Å²) in [4.78, 5) is 19.9. The summed E-state index contributed by atoms with van der Waals surface area (Å²) < 4.78 is 18.5. The van der Waals surface area contributed by atoms with Gasteiger partial charge in [0.2, 0.25) is 0 Å². The summed E-state index contributed by atoms with van der Waals surface area (Å²) in [7, 11) is 5.47. The average molecular weight is 317 g/mol. The van der Waals surface area contributed by atoms with Crippen molar-refractivity contribution in [1.82, 2.24) is 9.88 Å². The van der Waals surface area contributed by atoms with Crippen LogP contribution in [0.5, 0.6) is 5.75 Å². The Hall–Kier alpha value is -2.63. The zero-order valence-corrected chi connectivity index (χ0v) is 13.5. The number of likely N-dealkylation sites (N-methyl/N-ethyl adjacent to an activating group) is 1. The number of halogens is 1. The summed E-state index contributed by atoms with van der Waals surface area (Å²) in [5.41, 5.74) is 0.517. The minimum absolute atomic E-state index is 0.134. The zero-order chi connectivity index (χ0) is 16.8. The van der Waals surface area contributed by atoms with Gasteiger partial charge in [-0.1, -0.05) is 6.07 Å². The van der Waals surface area contributed by atoms with Gasteiger partial charge in [0.1, 0.15) is 24.0 Å². The van der Waals surface area contributed by atoms with Gasteiger partial charge in [0.05, 0.1) is 12.1 Å². The molecule has 0 aliphatic rings. The Labute approximate surface area is 135 Å². The van der Waals surface area contributed by atoms with E-state index in [0.29, 0.717) is 17.9 Å². The molecular weight excluding hydrogens is 297 g/mol. The van der Waals surface area contributed by atoms with Gasteiger partial charge >= 0.3 is 0 Å². The van der Waals surface area contributed by atoms with Gasteiger partial charge in [0.25, 0.3) is 5.91 Å². The minimum Gasteiger partial charge on any atom is -0.492 e. The fraction of sp³-hybridized carbons (Fsp3) is 0.294. The van der Waals surface area contributed by atoms with Crippen LogP contribution in [0.25, 0.3) is 0 Å². The lowest BCUT2D eigenvalue weighted by atomic mass is 10.2. The number of ether oxygens (including phenoxy) is 1. The van der Waals surface area contributed by atoms with Crippen molar-refractivity contribution in [3.63, 3.8) is 0 Å². The molecule has 5 nitrogen and oxygen atoms in total. The van der Waals surface area contributed by atoms with Crippen LogP contribution in [0.15, 0.2) is 42.6 Å². The molecule has 0 atom stereocenters. The normalized spacial score (nSPS) is 10.3. The van der Waals surface area contributed by atoms with Gasteiger partial charge in [-0.25, -0.2) is 9.37 Å². The molecule has 1 heterocycles. The van der Waals surface area contributed by atoms with Crippen LogP contribution in [0, 0.1) is 5.82 Å². The number of rotatable bonds is 6. The van der Waals surface area contributed by atoms with Crippen LogP contribution < -0.4 is 9.64 Å². The van der Waals surface area contributed by atoms with Gasteiger partial charge in [-0.05, 0) is 24.3 Å². The van der Waals surface area contributed by atoms with Crippen molar-refractivity contribution >= 4 is 11.7 Å². The van der Waals surface area contributed by atoms with E-state index in [-0.39, 0.29) is 18.3 Å². The highest BCUT2D eigenvalue weighted by Crippen LogP contribution is 2.12. The molecule has 0 saturated carbocycles. The van der Waals surface area contributed by atoms with Gasteiger partial charge in [-0.2, -0.15) is 0 Å². The molecule has 6 heteroatoms. The zero-order valence-electron chi connectivity index (χ0n) is 13.5. The number of carbonyl (C=O) groups is 1. The first-order valence-electron chi connectivity index (χ1n) is 7.24. The molecule has 0 saturated heterocycles. The van der Waals surface area contributed by atoms with E-state index in [9.17, 15) is 9.18 Å². The monoisotopic (exact) mass is 317 g/mol. The molecule has 1 aromatic heterocycles. The highest BCUT2D eigenvalue weighted by atomic mass is 19.1. The number of amides is 1. The summed E-state index contributed by atoms with van der Waals surface area (Å²) in [6, 6.07) is 9.46. The van der Waals surface area contributed by atoms with Crippen LogP contribution in [0.1, 0.15) is 10.4 Å². The van der Waals surface area contributed by atoms with Crippen molar-refractivity contribution in [3.05, 3.63) is 54.0 Å². The number of benzene rings is 1. The highest BCUT2D eigenvalue weighted by Gasteiger charge is 2.12. The van der Waals surface area contributed by atoms with E-state index in [1.165, 1.54) is 12.1 Å². The van der Waals surface area contributed by atoms with Crippen molar-refractivity contribution in [2.24, 2.45) is 0 Å². The first-order valence-corrected chi connectivity index (χ1v) is 7.24. The Bertz CT molecular complexity index is 659. The minimum atomic E-state index is -0.348. The SMILES string of the molecule is CN(CCOc1cccc(F)c1)C(=O)c1ccc(N(C)C)nc1. The van der Waals surface area contributed by atoms with Crippen molar-refractivity contribution < 1.29 is 13.9 Å². The smallest absolute Gasteiger partial charge is 0.255 e. The molecule has 0 spiro atoms. The van der Waals surface area contributed by atoms with E-state index >= 15 is 0 Å². The second-order valence-corrected chi connectivity index (χ2v) is 5.33. The summed E-state index contributed by atoms with van der Waals surface area (Å²) in [5.74, 6) is 0.756. The number of nitrogens with zero attached hydrogens (tertiary/aromatic N) is 3. The molecule has 0 unspecified atom stereocenters. The van der Waals surface area contributed by atoms with E-state index in [0.717, 1.165) is 5.82 Å². The molecular formula is C17H20FN3O2. The van der Waals surface area contributed by atoms with Crippen LogP contribution in [-0.2, 0) is 0 Å². The molecule has 1 aromatic carbocycles. The van der Waals surface area contributed by atoms with Gasteiger partial charge in [-0.3, -0.25) is 4.79 Å². The Morgan fingerprint density at radius 2 is 2.00 bits per heavy atom. The largest absolute Gasteiger partial charge is 0.492 e. The third kappa shape index (κ3) is 4.67. The summed E-state index contributed by atoms with van der Waals surface area (Å²) >= 11 is 0. The number of hydrogen-bond donors (Lipinski definition) is 0. The van der Waals surface area contributed by atoms with E-state index < -0.39 is 0 Å².